The Morgan fingerprint density at radius 2 is 0.833 bits per heavy atom. The number of carboxylic acid groups (broad SMARTS) is 1. The van der Waals surface area contributed by atoms with Gasteiger partial charge in [0.1, 0.15) is 12.7 Å². The van der Waals surface area contributed by atoms with Crippen LogP contribution in [0.4, 0.5) is 0 Å². The van der Waals surface area contributed by atoms with Crippen molar-refractivity contribution in [2.45, 2.75) is 257 Å². The van der Waals surface area contributed by atoms with E-state index in [0.717, 1.165) is 70.6 Å². The molecule has 0 saturated carbocycles. The van der Waals surface area contributed by atoms with Crippen LogP contribution in [0.2, 0.25) is 0 Å². The molecule has 0 aliphatic heterocycles. The summed E-state index contributed by atoms with van der Waals surface area (Å²) in [6, 6.07) is -1.56. The molecule has 0 heterocycles. The molecule has 0 aromatic rings. The average molecular weight is 952 g/mol. The molecule has 11 nitrogen and oxygen atoms in total. The van der Waals surface area contributed by atoms with Crippen LogP contribution in [0.25, 0.3) is 0 Å². The fourth-order valence-corrected chi connectivity index (χ4v) is 8.21. The number of unbranched alkanes of at least 4 members (excludes halogenated alkanes) is 28. The molecule has 384 valence electrons. The van der Waals surface area contributed by atoms with E-state index < -0.39 is 57.6 Å². The van der Waals surface area contributed by atoms with Gasteiger partial charge in [-0.05, 0) is 77.0 Å². The van der Waals surface area contributed by atoms with Crippen LogP contribution in [0.1, 0.15) is 245 Å². The first-order valence-corrected chi connectivity index (χ1v) is 28.2. The molecule has 0 rings (SSSR count). The summed E-state index contributed by atoms with van der Waals surface area (Å²) < 4.78 is 27.0. The smallest absolute Gasteiger partial charge is 0.472 e. The summed E-state index contributed by atoms with van der Waals surface area (Å²) in [6.45, 7) is 2.59. The van der Waals surface area contributed by atoms with Gasteiger partial charge in [-0.1, -0.05) is 204 Å². The topological polar surface area (TPSA) is 169 Å². The standard InChI is InChI=1S/C54H98NO10P/c1-3-5-7-9-11-13-15-17-19-21-23-24-25-26-28-30-32-34-36-38-40-42-44-46-53(58)63-47-50(56)48-64-66(61,62)65-49-51(54(59)60)55-52(57)45-43-41-39-37-35-33-31-29-27-22-20-18-16-14-12-10-8-6-4-2/h12,14,17-20,27,29,50-51,56H,3-11,13,15-16,21-26,28,30-49H2,1-2H3,(H,55,57)(H,59,60)(H,61,62)/b14-12-,19-17+,20-18-,29-27-. The average Bonchev–Trinajstić information content (AvgIpc) is 3.29. The number of carbonyl (C=O) groups excluding carboxylic acids is 2. The minimum Gasteiger partial charge on any atom is -0.480 e. The lowest BCUT2D eigenvalue weighted by Crippen LogP contribution is -2.43. The van der Waals surface area contributed by atoms with E-state index in [2.05, 4.69) is 67.8 Å². The summed E-state index contributed by atoms with van der Waals surface area (Å²) in [5.41, 5.74) is 0. The summed E-state index contributed by atoms with van der Waals surface area (Å²) in [7, 11) is -4.77. The Morgan fingerprint density at radius 1 is 0.485 bits per heavy atom. The molecule has 12 heteroatoms. The highest BCUT2D eigenvalue weighted by Crippen LogP contribution is 2.43. The lowest BCUT2D eigenvalue weighted by molar-refractivity contribution is -0.147. The van der Waals surface area contributed by atoms with E-state index in [9.17, 15) is 34.1 Å². The molecule has 0 aromatic carbocycles. The molecule has 0 aromatic heterocycles. The summed E-state index contributed by atoms with van der Waals surface area (Å²) in [6.07, 6.45) is 57.0. The van der Waals surface area contributed by atoms with Gasteiger partial charge in [-0.25, -0.2) is 9.36 Å². The number of aliphatic hydroxyl groups excluding tert-OH is 1. The van der Waals surface area contributed by atoms with Crippen LogP contribution >= 0.6 is 7.82 Å². The van der Waals surface area contributed by atoms with Crippen LogP contribution in [0.3, 0.4) is 0 Å². The maximum absolute atomic E-state index is 12.4. The lowest BCUT2D eigenvalue weighted by Gasteiger charge is -2.18. The van der Waals surface area contributed by atoms with Gasteiger partial charge >= 0.3 is 19.8 Å². The number of esters is 1. The molecule has 0 aliphatic rings. The number of aliphatic carboxylic acids is 1. The van der Waals surface area contributed by atoms with Gasteiger partial charge in [0.15, 0.2) is 6.04 Å². The van der Waals surface area contributed by atoms with Crippen molar-refractivity contribution in [3.05, 3.63) is 48.6 Å². The van der Waals surface area contributed by atoms with Gasteiger partial charge in [-0.2, -0.15) is 0 Å². The number of amides is 1. The molecule has 1 amide bonds. The van der Waals surface area contributed by atoms with E-state index in [1.807, 2.05) is 0 Å². The maximum atomic E-state index is 12.4. The third kappa shape index (κ3) is 47.9. The Bertz CT molecular complexity index is 1300. The Balaban J connectivity index is 3.81. The van der Waals surface area contributed by atoms with E-state index in [4.69, 9.17) is 13.8 Å². The highest BCUT2D eigenvalue weighted by molar-refractivity contribution is 7.47. The fourth-order valence-electron chi connectivity index (χ4n) is 7.44. The molecule has 0 saturated heterocycles. The zero-order valence-corrected chi connectivity index (χ0v) is 42.9. The number of ether oxygens (including phenoxy) is 1. The molecule has 3 unspecified atom stereocenters. The molecule has 0 radical (unpaired) electrons. The summed E-state index contributed by atoms with van der Waals surface area (Å²) in [5.74, 6) is -2.38. The number of hydrogen-bond donors (Lipinski definition) is 4. The molecule has 0 bridgehead atoms. The summed E-state index contributed by atoms with van der Waals surface area (Å²) >= 11 is 0. The van der Waals surface area contributed by atoms with Crippen LogP contribution in [0.15, 0.2) is 48.6 Å². The predicted molar refractivity (Wildman–Crippen MR) is 272 cm³/mol. The van der Waals surface area contributed by atoms with Crippen LogP contribution in [-0.4, -0.2) is 64.9 Å². The minimum absolute atomic E-state index is 0.130. The number of hydrogen-bond acceptors (Lipinski definition) is 8. The van der Waals surface area contributed by atoms with Crippen molar-refractivity contribution in [1.29, 1.82) is 0 Å². The van der Waals surface area contributed by atoms with Gasteiger partial charge in [-0.15, -0.1) is 0 Å². The molecule has 0 spiro atoms. The van der Waals surface area contributed by atoms with Crippen LogP contribution in [-0.2, 0) is 32.7 Å². The SMILES string of the molecule is CCCCC/C=C\C/C=C\C/C=C\CCCCCCCCC(=O)NC(COP(=O)(O)OCC(O)COC(=O)CCCCCCCCCCCCCCC/C=C/CCCCCCCC)C(=O)O. The molecular weight excluding hydrogens is 854 g/mol. The van der Waals surface area contributed by atoms with E-state index in [1.165, 1.54) is 135 Å². The van der Waals surface area contributed by atoms with Crippen molar-refractivity contribution in [2.24, 2.45) is 0 Å². The quantitative estimate of drug-likeness (QED) is 0.0199. The second-order valence-corrected chi connectivity index (χ2v) is 19.5. The Labute approximate surface area is 403 Å². The van der Waals surface area contributed by atoms with Gasteiger partial charge in [0.2, 0.25) is 5.91 Å². The molecule has 0 aliphatic carbocycles. The van der Waals surface area contributed by atoms with E-state index in [1.54, 1.807) is 0 Å². The van der Waals surface area contributed by atoms with Crippen molar-refractivity contribution in [1.82, 2.24) is 5.32 Å². The normalized spacial score (nSPS) is 13.9. The van der Waals surface area contributed by atoms with Gasteiger partial charge in [0, 0.05) is 12.8 Å². The third-order valence-electron chi connectivity index (χ3n) is 11.6. The third-order valence-corrected chi connectivity index (χ3v) is 12.5. The Kier molecular flexibility index (Phi) is 47.0. The zero-order valence-electron chi connectivity index (χ0n) is 42.0. The first-order chi connectivity index (χ1) is 32.1. The first kappa shape index (κ1) is 63.4. The second kappa shape index (κ2) is 48.9. The van der Waals surface area contributed by atoms with Crippen molar-refractivity contribution >= 4 is 25.7 Å². The van der Waals surface area contributed by atoms with Crippen molar-refractivity contribution in [3.8, 4) is 0 Å². The number of carboxylic acids is 1. The van der Waals surface area contributed by atoms with Crippen molar-refractivity contribution in [2.75, 3.05) is 19.8 Å². The molecule has 0 fully saturated rings. The Morgan fingerprint density at radius 3 is 1.29 bits per heavy atom. The van der Waals surface area contributed by atoms with E-state index in [0.29, 0.717) is 12.8 Å². The van der Waals surface area contributed by atoms with Crippen molar-refractivity contribution in [3.63, 3.8) is 0 Å². The summed E-state index contributed by atoms with van der Waals surface area (Å²) in [4.78, 5) is 46.2. The van der Waals surface area contributed by atoms with E-state index >= 15 is 0 Å². The molecule has 3 atom stereocenters. The number of rotatable bonds is 50. The van der Waals surface area contributed by atoms with Crippen LogP contribution < -0.4 is 5.32 Å². The van der Waals surface area contributed by atoms with Gasteiger partial charge in [0.05, 0.1) is 13.2 Å². The number of allylic oxidation sites excluding steroid dienone is 8. The molecule has 4 N–H and O–H groups in total. The Hall–Kier alpha value is -2.56. The second-order valence-electron chi connectivity index (χ2n) is 18.1. The number of phosphoric ester groups is 1. The number of nitrogens with one attached hydrogen (secondary N) is 1. The summed E-state index contributed by atoms with van der Waals surface area (Å²) in [5, 5.41) is 21.9. The predicted octanol–water partition coefficient (Wildman–Crippen LogP) is 14.9. The highest BCUT2D eigenvalue weighted by atomic mass is 31.2. The maximum Gasteiger partial charge on any atom is 0.472 e. The van der Waals surface area contributed by atoms with Crippen LogP contribution in [0.5, 0.6) is 0 Å². The minimum atomic E-state index is -4.77. The first-order valence-electron chi connectivity index (χ1n) is 26.7. The van der Waals surface area contributed by atoms with Crippen LogP contribution in [0, 0.1) is 0 Å². The molecule has 66 heavy (non-hydrogen) atoms. The monoisotopic (exact) mass is 952 g/mol. The highest BCUT2D eigenvalue weighted by Gasteiger charge is 2.28. The van der Waals surface area contributed by atoms with Gasteiger partial charge in [0.25, 0.3) is 0 Å². The fraction of sp³-hybridized carbons (Fsp3) is 0.796. The van der Waals surface area contributed by atoms with Gasteiger partial charge in [-0.3, -0.25) is 18.6 Å². The number of carbonyl (C=O) groups is 3. The largest absolute Gasteiger partial charge is 0.480 e. The van der Waals surface area contributed by atoms with Gasteiger partial charge < -0.3 is 25.2 Å². The van der Waals surface area contributed by atoms with Crippen molar-refractivity contribution < 1.29 is 47.8 Å². The zero-order chi connectivity index (χ0) is 48.4. The lowest BCUT2D eigenvalue weighted by atomic mass is 10.0. The number of phosphoric acid groups is 1. The number of aliphatic hydroxyl groups is 1. The molecular formula is C54H98NO10P. The van der Waals surface area contributed by atoms with E-state index in [-0.39, 0.29) is 12.8 Å².